The number of hydrogen-bond donors (Lipinski definition) is 2. The molecule has 0 aliphatic carbocycles. The van der Waals surface area contributed by atoms with Gasteiger partial charge in [0.2, 0.25) is 10.0 Å². The molecule has 1 amide bonds. The third-order valence-corrected chi connectivity index (χ3v) is 5.32. The zero-order valence-electron chi connectivity index (χ0n) is 14.7. The summed E-state index contributed by atoms with van der Waals surface area (Å²) in [4.78, 5) is 14.7. The summed E-state index contributed by atoms with van der Waals surface area (Å²) in [6.45, 7) is 4.52. The SMILES string of the molecule is CCN1CCCC1CNC(=O)c1cc(S(N)(=O)=O)cc(OC)c1OC. The van der Waals surface area contributed by atoms with E-state index in [9.17, 15) is 13.2 Å². The number of benzene rings is 1. The molecule has 0 aromatic heterocycles. The minimum absolute atomic E-state index is 0.0759. The van der Waals surface area contributed by atoms with Crippen molar-refractivity contribution in [2.45, 2.75) is 30.7 Å². The van der Waals surface area contributed by atoms with Crippen molar-refractivity contribution in [2.75, 3.05) is 33.9 Å². The topological polar surface area (TPSA) is 111 Å². The molecule has 1 unspecified atom stereocenters. The molecule has 140 valence electrons. The highest BCUT2D eigenvalue weighted by Crippen LogP contribution is 2.34. The van der Waals surface area contributed by atoms with Gasteiger partial charge in [0, 0.05) is 18.7 Å². The minimum Gasteiger partial charge on any atom is -0.493 e. The number of sulfonamides is 1. The number of hydrogen-bond acceptors (Lipinski definition) is 6. The van der Waals surface area contributed by atoms with Crippen LogP contribution in [0.4, 0.5) is 0 Å². The van der Waals surface area contributed by atoms with Crippen LogP contribution in [0.1, 0.15) is 30.1 Å². The van der Waals surface area contributed by atoms with E-state index in [0.29, 0.717) is 6.54 Å². The fraction of sp³-hybridized carbons (Fsp3) is 0.562. The van der Waals surface area contributed by atoms with Gasteiger partial charge in [0.25, 0.3) is 5.91 Å². The summed E-state index contributed by atoms with van der Waals surface area (Å²) in [5, 5.41) is 8.05. The molecule has 1 aliphatic rings. The van der Waals surface area contributed by atoms with Crippen LogP contribution >= 0.6 is 0 Å². The van der Waals surface area contributed by atoms with Crippen LogP contribution in [0.5, 0.6) is 11.5 Å². The number of carbonyl (C=O) groups excluding carboxylic acids is 1. The van der Waals surface area contributed by atoms with Crippen LogP contribution in [-0.2, 0) is 10.0 Å². The molecule has 25 heavy (non-hydrogen) atoms. The van der Waals surface area contributed by atoms with E-state index < -0.39 is 15.9 Å². The van der Waals surface area contributed by atoms with Gasteiger partial charge >= 0.3 is 0 Å². The van der Waals surface area contributed by atoms with Gasteiger partial charge in [-0.25, -0.2) is 13.6 Å². The van der Waals surface area contributed by atoms with Crippen LogP contribution in [0.3, 0.4) is 0 Å². The Hall–Kier alpha value is -1.84. The van der Waals surface area contributed by atoms with Gasteiger partial charge < -0.3 is 14.8 Å². The lowest BCUT2D eigenvalue weighted by Crippen LogP contribution is -2.40. The van der Waals surface area contributed by atoms with E-state index in [1.165, 1.54) is 26.4 Å². The van der Waals surface area contributed by atoms with Gasteiger partial charge in [-0.15, -0.1) is 0 Å². The fourth-order valence-corrected chi connectivity index (χ4v) is 3.67. The monoisotopic (exact) mass is 371 g/mol. The van der Waals surface area contributed by atoms with Crippen molar-refractivity contribution in [3.05, 3.63) is 17.7 Å². The molecule has 0 bridgehead atoms. The van der Waals surface area contributed by atoms with E-state index in [-0.39, 0.29) is 28.0 Å². The number of primary sulfonamides is 1. The largest absolute Gasteiger partial charge is 0.493 e. The predicted octanol–water partition coefficient (Wildman–Crippen LogP) is 0.565. The summed E-state index contributed by atoms with van der Waals surface area (Å²) < 4.78 is 33.7. The summed E-state index contributed by atoms with van der Waals surface area (Å²) in [5.41, 5.74) is 0.0759. The highest BCUT2D eigenvalue weighted by atomic mass is 32.2. The first-order chi connectivity index (χ1) is 11.8. The van der Waals surface area contributed by atoms with Gasteiger partial charge in [0.15, 0.2) is 11.5 Å². The number of carbonyl (C=O) groups is 1. The first kappa shape index (κ1) is 19.5. The Morgan fingerprint density at radius 1 is 1.36 bits per heavy atom. The lowest BCUT2D eigenvalue weighted by Gasteiger charge is -2.23. The molecule has 3 N–H and O–H groups in total. The highest BCUT2D eigenvalue weighted by Gasteiger charge is 2.26. The van der Waals surface area contributed by atoms with Crippen molar-refractivity contribution in [1.29, 1.82) is 0 Å². The molecule has 0 spiro atoms. The van der Waals surface area contributed by atoms with Crippen LogP contribution in [0.25, 0.3) is 0 Å². The number of ether oxygens (including phenoxy) is 2. The normalized spacial score (nSPS) is 18.2. The number of nitrogens with two attached hydrogens (primary N) is 1. The standard InChI is InChI=1S/C16H25N3O5S/c1-4-19-7-5-6-11(19)10-18-16(20)13-8-12(25(17,21)22)9-14(23-2)15(13)24-3/h8-9,11H,4-7,10H2,1-3H3,(H,18,20)(H2,17,21,22). The van der Waals surface area contributed by atoms with Crippen molar-refractivity contribution < 1.29 is 22.7 Å². The summed E-state index contributed by atoms with van der Waals surface area (Å²) in [5.74, 6) is -0.120. The maximum Gasteiger partial charge on any atom is 0.255 e. The second kappa shape index (κ2) is 8.03. The number of methoxy groups -OCH3 is 2. The van der Waals surface area contributed by atoms with Crippen molar-refractivity contribution >= 4 is 15.9 Å². The summed E-state index contributed by atoms with van der Waals surface area (Å²) in [6.07, 6.45) is 2.12. The molecular formula is C16H25N3O5S. The second-order valence-electron chi connectivity index (χ2n) is 5.89. The van der Waals surface area contributed by atoms with Crippen molar-refractivity contribution in [3.8, 4) is 11.5 Å². The number of amides is 1. The van der Waals surface area contributed by atoms with Gasteiger partial charge in [-0.2, -0.15) is 0 Å². The number of likely N-dealkylation sites (tertiary alicyclic amines) is 1. The Bertz CT molecular complexity index is 736. The maximum atomic E-state index is 12.6. The zero-order chi connectivity index (χ0) is 18.6. The Kier molecular flexibility index (Phi) is 6.26. The van der Waals surface area contributed by atoms with E-state index in [0.717, 1.165) is 25.9 Å². The van der Waals surface area contributed by atoms with Gasteiger partial charge in [-0.1, -0.05) is 6.92 Å². The average molecular weight is 371 g/mol. The third kappa shape index (κ3) is 4.42. The Labute approximate surface area is 148 Å². The zero-order valence-corrected chi connectivity index (χ0v) is 15.6. The van der Waals surface area contributed by atoms with E-state index in [1.807, 2.05) is 0 Å². The molecule has 1 saturated heterocycles. The van der Waals surface area contributed by atoms with Crippen LogP contribution in [0, 0.1) is 0 Å². The van der Waals surface area contributed by atoms with Gasteiger partial charge in [0.05, 0.1) is 24.7 Å². The second-order valence-corrected chi connectivity index (χ2v) is 7.45. The van der Waals surface area contributed by atoms with Gasteiger partial charge in [0.1, 0.15) is 0 Å². The molecule has 2 rings (SSSR count). The minimum atomic E-state index is -3.98. The molecule has 8 nitrogen and oxygen atoms in total. The van der Waals surface area contributed by atoms with Crippen molar-refractivity contribution in [3.63, 3.8) is 0 Å². The summed E-state index contributed by atoms with van der Waals surface area (Å²) in [7, 11) is -1.23. The maximum absolute atomic E-state index is 12.6. The molecular weight excluding hydrogens is 346 g/mol. The molecule has 1 aromatic carbocycles. The molecule has 1 fully saturated rings. The number of nitrogens with one attached hydrogen (secondary N) is 1. The Morgan fingerprint density at radius 2 is 2.08 bits per heavy atom. The van der Waals surface area contributed by atoms with Crippen molar-refractivity contribution in [2.24, 2.45) is 5.14 Å². The molecule has 1 heterocycles. The Morgan fingerprint density at radius 3 is 2.64 bits per heavy atom. The lowest BCUT2D eigenvalue weighted by atomic mass is 10.1. The third-order valence-electron chi connectivity index (χ3n) is 4.43. The summed E-state index contributed by atoms with van der Waals surface area (Å²) >= 11 is 0. The number of nitrogens with zero attached hydrogens (tertiary/aromatic N) is 1. The van der Waals surface area contributed by atoms with E-state index in [2.05, 4.69) is 17.1 Å². The van der Waals surface area contributed by atoms with Crippen molar-refractivity contribution in [1.82, 2.24) is 10.2 Å². The number of likely N-dealkylation sites (N-methyl/N-ethyl adjacent to an activating group) is 1. The smallest absolute Gasteiger partial charge is 0.255 e. The summed E-state index contributed by atoms with van der Waals surface area (Å²) in [6, 6.07) is 2.72. The highest BCUT2D eigenvalue weighted by molar-refractivity contribution is 7.89. The van der Waals surface area contributed by atoms with Gasteiger partial charge in [-0.3, -0.25) is 9.69 Å². The predicted molar refractivity (Wildman–Crippen MR) is 93.5 cm³/mol. The van der Waals surface area contributed by atoms with E-state index in [4.69, 9.17) is 14.6 Å². The fourth-order valence-electron chi connectivity index (χ4n) is 3.12. The number of rotatable bonds is 7. The average Bonchev–Trinajstić information content (AvgIpc) is 3.04. The first-order valence-electron chi connectivity index (χ1n) is 8.12. The van der Waals surface area contributed by atoms with Gasteiger partial charge in [-0.05, 0) is 32.0 Å². The van der Waals surface area contributed by atoms with E-state index >= 15 is 0 Å². The first-order valence-corrected chi connectivity index (χ1v) is 9.67. The molecule has 0 radical (unpaired) electrons. The Balaban J connectivity index is 2.28. The van der Waals surface area contributed by atoms with E-state index in [1.54, 1.807) is 0 Å². The molecule has 1 atom stereocenters. The quantitative estimate of drug-likeness (QED) is 0.725. The van der Waals surface area contributed by atoms with Crippen LogP contribution in [-0.4, -0.2) is 59.1 Å². The molecule has 1 aromatic rings. The van der Waals surface area contributed by atoms with Crippen LogP contribution in [0.2, 0.25) is 0 Å². The molecule has 1 aliphatic heterocycles. The lowest BCUT2D eigenvalue weighted by molar-refractivity contribution is 0.0937. The van der Waals surface area contributed by atoms with Crippen LogP contribution < -0.4 is 19.9 Å². The molecule has 9 heteroatoms. The molecule has 0 saturated carbocycles. The van der Waals surface area contributed by atoms with Crippen LogP contribution in [0.15, 0.2) is 17.0 Å².